The Kier molecular flexibility index (Phi) is 3.40. The van der Waals surface area contributed by atoms with Crippen LogP contribution < -0.4 is 4.90 Å². The van der Waals surface area contributed by atoms with Crippen molar-refractivity contribution >= 4 is 23.3 Å². The first-order valence-corrected chi connectivity index (χ1v) is 9.70. The van der Waals surface area contributed by atoms with Gasteiger partial charge in [-0.3, -0.25) is 9.59 Å². The smallest absolute Gasteiger partial charge is 0.218 e. The average molecular weight is 373 g/mol. The number of nitrogens with zero attached hydrogens (tertiary/aromatic N) is 1. The van der Waals surface area contributed by atoms with E-state index in [-0.39, 0.29) is 35.5 Å². The lowest BCUT2D eigenvalue weighted by Crippen LogP contribution is -2.48. The number of ketones is 2. The van der Waals surface area contributed by atoms with E-state index in [0.29, 0.717) is 12.2 Å². The molecule has 4 aliphatic rings. The molecule has 5 heteroatoms. The van der Waals surface area contributed by atoms with Crippen LogP contribution in [0.2, 0.25) is 0 Å². The molecule has 3 saturated heterocycles. The van der Waals surface area contributed by atoms with Gasteiger partial charge in [-0.2, -0.15) is 0 Å². The van der Waals surface area contributed by atoms with E-state index in [1.807, 2.05) is 54.6 Å². The van der Waals surface area contributed by atoms with Crippen LogP contribution in [0.4, 0.5) is 5.69 Å². The van der Waals surface area contributed by atoms with E-state index < -0.39 is 12.3 Å². The third kappa shape index (κ3) is 2.09. The van der Waals surface area contributed by atoms with Crippen molar-refractivity contribution in [3.8, 4) is 0 Å². The fraction of sp³-hybridized carbons (Fsp3) is 0.304. The Morgan fingerprint density at radius 3 is 2.68 bits per heavy atom. The van der Waals surface area contributed by atoms with Crippen molar-refractivity contribution in [3.63, 3.8) is 0 Å². The number of fused-ring (bicyclic) bond motifs is 8. The summed E-state index contributed by atoms with van der Waals surface area (Å²) in [6.07, 6.45) is 3.11. The molecule has 28 heavy (non-hydrogen) atoms. The van der Waals surface area contributed by atoms with Gasteiger partial charge in [0, 0.05) is 17.2 Å². The van der Waals surface area contributed by atoms with Gasteiger partial charge in [-0.25, -0.2) is 0 Å². The number of anilines is 1. The third-order valence-electron chi connectivity index (χ3n) is 6.48. The quantitative estimate of drug-likeness (QED) is 0.758. The van der Waals surface area contributed by atoms with Crippen molar-refractivity contribution in [1.82, 2.24) is 0 Å². The summed E-state index contributed by atoms with van der Waals surface area (Å²) in [6.45, 7) is 0.363. The van der Waals surface area contributed by atoms with E-state index in [0.717, 1.165) is 11.3 Å². The lowest BCUT2D eigenvalue weighted by molar-refractivity contribution is -0.163. The minimum atomic E-state index is -0.788. The van der Waals surface area contributed by atoms with Crippen LogP contribution in [0.1, 0.15) is 15.9 Å². The van der Waals surface area contributed by atoms with Gasteiger partial charge in [0.1, 0.15) is 0 Å². The normalized spacial score (nSPS) is 34.7. The second-order valence-corrected chi connectivity index (χ2v) is 7.84. The number of rotatable bonds is 2. The third-order valence-corrected chi connectivity index (χ3v) is 6.48. The second kappa shape index (κ2) is 5.87. The predicted octanol–water partition coefficient (Wildman–Crippen LogP) is 2.71. The van der Waals surface area contributed by atoms with Gasteiger partial charge < -0.3 is 14.4 Å². The molecular formula is C23H19NO4. The molecule has 3 fully saturated rings. The highest BCUT2D eigenvalue weighted by molar-refractivity contribution is 6.05. The van der Waals surface area contributed by atoms with Crippen molar-refractivity contribution in [1.29, 1.82) is 0 Å². The highest BCUT2D eigenvalue weighted by Crippen LogP contribution is 2.50. The van der Waals surface area contributed by atoms with Gasteiger partial charge in [-0.1, -0.05) is 60.7 Å². The SMILES string of the molecule is O=C(c1ccccc1)C1[C@H]2C3COC(O3)C(=O)[C@H]2[C@H]2C=Cc3ccccc3N12. The molecule has 0 saturated carbocycles. The Bertz CT molecular complexity index is 1000. The van der Waals surface area contributed by atoms with Crippen LogP contribution in [0.15, 0.2) is 60.7 Å². The first-order valence-electron chi connectivity index (χ1n) is 9.70. The maximum Gasteiger partial charge on any atom is 0.218 e. The number of benzene rings is 2. The molecule has 6 atom stereocenters. The Hall–Kier alpha value is -2.76. The zero-order valence-electron chi connectivity index (χ0n) is 15.1. The number of hydrogen-bond acceptors (Lipinski definition) is 5. The minimum Gasteiger partial charge on any atom is -0.353 e. The van der Waals surface area contributed by atoms with E-state index >= 15 is 0 Å². The monoisotopic (exact) mass is 373 g/mol. The molecule has 0 radical (unpaired) electrons. The van der Waals surface area contributed by atoms with Crippen LogP contribution in [-0.4, -0.2) is 42.7 Å². The average Bonchev–Trinajstić information content (AvgIpc) is 3.33. The summed E-state index contributed by atoms with van der Waals surface area (Å²) in [5.41, 5.74) is 2.73. The highest BCUT2D eigenvalue weighted by atomic mass is 16.7. The maximum absolute atomic E-state index is 13.7. The molecule has 6 rings (SSSR count). The first-order chi connectivity index (χ1) is 13.7. The van der Waals surface area contributed by atoms with E-state index in [4.69, 9.17) is 9.47 Å². The summed E-state index contributed by atoms with van der Waals surface area (Å²) in [4.78, 5) is 28.9. The molecule has 140 valence electrons. The Morgan fingerprint density at radius 1 is 1.04 bits per heavy atom. The lowest BCUT2D eigenvalue weighted by Gasteiger charge is -2.35. The van der Waals surface area contributed by atoms with Gasteiger partial charge in [0.25, 0.3) is 0 Å². The number of Topliss-reactive ketones (excluding diaryl/α,β-unsaturated/α-hetero) is 2. The van der Waals surface area contributed by atoms with Gasteiger partial charge >= 0.3 is 0 Å². The summed E-state index contributed by atoms with van der Waals surface area (Å²) >= 11 is 0. The lowest BCUT2D eigenvalue weighted by atomic mass is 9.77. The Labute approximate surface area is 162 Å². The van der Waals surface area contributed by atoms with E-state index in [9.17, 15) is 9.59 Å². The standard InChI is InChI=1S/C23H19NO4/c25-21(14-7-2-1-3-8-14)20-19-17-12-27-23(28-17)22(26)18(19)16-11-10-13-6-4-5-9-15(13)24(16)20/h1-11,16-20,23H,12H2/t16-,17?,18+,19+,20?,23?/m1/s1. The van der Waals surface area contributed by atoms with Crippen molar-refractivity contribution in [2.24, 2.45) is 11.8 Å². The van der Waals surface area contributed by atoms with Crippen LogP contribution in [0.5, 0.6) is 0 Å². The van der Waals surface area contributed by atoms with E-state index in [1.54, 1.807) is 0 Å². The molecule has 0 aliphatic carbocycles. The fourth-order valence-corrected chi connectivity index (χ4v) is 5.35. The molecule has 4 heterocycles. The summed E-state index contributed by atoms with van der Waals surface area (Å²) in [7, 11) is 0. The molecular weight excluding hydrogens is 354 g/mol. The van der Waals surface area contributed by atoms with Crippen LogP contribution in [0, 0.1) is 11.8 Å². The molecule has 0 amide bonds. The first kappa shape index (κ1) is 16.2. The predicted molar refractivity (Wildman–Crippen MR) is 103 cm³/mol. The number of ether oxygens (including phenoxy) is 2. The van der Waals surface area contributed by atoms with Crippen molar-refractivity contribution in [2.45, 2.75) is 24.5 Å². The zero-order chi connectivity index (χ0) is 18.8. The molecule has 2 aromatic rings. The Balaban J connectivity index is 1.53. The summed E-state index contributed by atoms with van der Waals surface area (Å²) in [5.74, 6) is -0.528. The number of carbonyl (C=O) groups is 2. The van der Waals surface area contributed by atoms with Gasteiger partial charge in [-0.05, 0) is 11.6 Å². The molecule has 2 aromatic carbocycles. The Morgan fingerprint density at radius 2 is 1.82 bits per heavy atom. The minimum absolute atomic E-state index is 0.0324. The number of carbonyl (C=O) groups excluding carboxylic acids is 2. The molecule has 0 N–H and O–H groups in total. The van der Waals surface area contributed by atoms with E-state index in [2.05, 4.69) is 17.1 Å². The second-order valence-electron chi connectivity index (χ2n) is 7.84. The zero-order valence-corrected chi connectivity index (χ0v) is 15.1. The highest BCUT2D eigenvalue weighted by Gasteiger charge is 2.63. The molecule has 3 unspecified atom stereocenters. The van der Waals surface area contributed by atoms with Gasteiger partial charge in [0.2, 0.25) is 6.29 Å². The summed E-state index contributed by atoms with van der Waals surface area (Å²) < 4.78 is 11.4. The molecule has 0 spiro atoms. The van der Waals surface area contributed by atoms with Crippen LogP contribution in [-0.2, 0) is 14.3 Å². The van der Waals surface area contributed by atoms with Crippen LogP contribution in [0.25, 0.3) is 6.08 Å². The maximum atomic E-state index is 13.7. The largest absolute Gasteiger partial charge is 0.353 e. The van der Waals surface area contributed by atoms with Crippen LogP contribution >= 0.6 is 0 Å². The van der Waals surface area contributed by atoms with Crippen molar-refractivity contribution in [3.05, 3.63) is 71.8 Å². The van der Waals surface area contributed by atoms with E-state index in [1.165, 1.54) is 0 Å². The van der Waals surface area contributed by atoms with Gasteiger partial charge in [0.05, 0.1) is 30.7 Å². The van der Waals surface area contributed by atoms with Crippen molar-refractivity contribution in [2.75, 3.05) is 11.5 Å². The van der Waals surface area contributed by atoms with Gasteiger partial charge in [-0.15, -0.1) is 0 Å². The number of hydrogen-bond donors (Lipinski definition) is 0. The van der Waals surface area contributed by atoms with Crippen LogP contribution in [0.3, 0.4) is 0 Å². The molecule has 2 bridgehead atoms. The fourth-order valence-electron chi connectivity index (χ4n) is 5.35. The number of para-hydroxylation sites is 1. The molecule has 5 nitrogen and oxygen atoms in total. The topological polar surface area (TPSA) is 55.8 Å². The molecule has 0 aromatic heterocycles. The summed E-state index contributed by atoms with van der Waals surface area (Å²) in [5, 5.41) is 0. The van der Waals surface area contributed by atoms with Gasteiger partial charge in [0.15, 0.2) is 11.6 Å². The molecule has 4 aliphatic heterocycles. The van der Waals surface area contributed by atoms with Crippen molar-refractivity contribution < 1.29 is 19.1 Å². The summed E-state index contributed by atoms with van der Waals surface area (Å²) in [6, 6.07) is 16.8.